The number of morpholine rings is 1. The molecule has 6 heteroatoms. The first-order chi connectivity index (χ1) is 16.7. The summed E-state index contributed by atoms with van der Waals surface area (Å²) in [4.78, 5) is 19.2. The van der Waals surface area contributed by atoms with Gasteiger partial charge in [0, 0.05) is 43.1 Å². The molecule has 34 heavy (non-hydrogen) atoms. The average Bonchev–Trinajstić information content (AvgIpc) is 3.51. The number of aromatic nitrogens is 1. The van der Waals surface area contributed by atoms with Crippen LogP contribution >= 0.6 is 0 Å². The average molecular weight is 458 g/mol. The number of ether oxygens (including phenoxy) is 2. The summed E-state index contributed by atoms with van der Waals surface area (Å²) in [6.45, 7) is 4.29. The van der Waals surface area contributed by atoms with Crippen LogP contribution in [0.2, 0.25) is 0 Å². The van der Waals surface area contributed by atoms with E-state index < -0.39 is 0 Å². The van der Waals surface area contributed by atoms with Gasteiger partial charge in [-0.3, -0.25) is 14.7 Å². The van der Waals surface area contributed by atoms with Crippen molar-refractivity contribution >= 4 is 5.91 Å². The predicted molar refractivity (Wildman–Crippen MR) is 131 cm³/mol. The molecule has 0 spiro atoms. The molecule has 3 aromatic rings. The van der Waals surface area contributed by atoms with Gasteiger partial charge in [0.2, 0.25) is 5.91 Å². The second-order valence-corrected chi connectivity index (χ2v) is 9.04. The molecule has 2 bridgehead atoms. The van der Waals surface area contributed by atoms with Crippen molar-refractivity contribution in [2.75, 3.05) is 26.3 Å². The Balaban J connectivity index is 1.05. The lowest BCUT2D eigenvalue weighted by molar-refractivity contribution is -0.120. The maximum Gasteiger partial charge on any atom is 0.226 e. The molecule has 0 radical (unpaired) electrons. The highest BCUT2D eigenvalue weighted by Gasteiger charge is 2.38. The Labute approximate surface area is 200 Å². The SMILES string of the molecule is O=C(Cc1ccc(-c2ccc(OCCCN3C[C@@H]4C[C@H]3CO4)cc2)cn1)NCc1ccccc1. The third kappa shape index (κ3) is 5.82. The van der Waals surface area contributed by atoms with Gasteiger partial charge in [0.05, 0.1) is 25.7 Å². The van der Waals surface area contributed by atoms with E-state index in [0.717, 1.165) is 60.9 Å². The van der Waals surface area contributed by atoms with Crippen molar-refractivity contribution in [3.8, 4) is 16.9 Å². The van der Waals surface area contributed by atoms with Gasteiger partial charge in [-0.25, -0.2) is 0 Å². The number of nitrogens with one attached hydrogen (secondary N) is 1. The zero-order valence-electron chi connectivity index (χ0n) is 19.4. The quantitative estimate of drug-likeness (QED) is 0.469. The lowest BCUT2D eigenvalue weighted by Gasteiger charge is -2.26. The summed E-state index contributed by atoms with van der Waals surface area (Å²) in [6, 6.07) is 22.6. The number of nitrogens with zero attached hydrogens (tertiary/aromatic N) is 2. The smallest absolute Gasteiger partial charge is 0.226 e. The topological polar surface area (TPSA) is 63.7 Å². The van der Waals surface area contributed by atoms with Crippen molar-refractivity contribution in [2.24, 2.45) is 0 Å². The van der Waals surface area contributed by atoms with Crippen molar-refractivity contribution in [3.05, 3.63) is 84.2 Å². The van der Waals surface area contributed by atoms with Gasteiger partial charge < -0.3 is 14.8 Å². The zero-order chi connectivity index (χ0) is 23.2. The van der Waals surface area contributed by atoms with E-state index in [0.29, 0.717) is 18.7 Å². The van der Waals surface area contributed by atoms with E-state index in [1.165, 1.54) is 6.42 Å². The summed E-state index contributed by atoms with van der Waals surface area (Å²) in [5.41, 5.74) is 3.94. The molecule has 0 unspecified atom stereocenters. The van der Waals surface area contributed by atoms with Crippen LogP contribution in [-0.4, -0.2) is 54.2 Å². The molecule has 6 nitrogen and oxygen atoms in total. The zero-order valence-corrected chi connectivity index (χ0v) is 19.4. The van der Waals surface area contributed by atoms with E-state index in [1.54, 1.807) is 0 Å². The van der Waals surface area contributed by atoms with Crippen LogP contribution in [0, 0.1) is 0 Å². The van der Waals surface area contributed by atoms with Crippen LogP contribution in [0.4, 0.5) is 0 Å². The number of benzene rings is 2. The minimum atomic E-state index is -0.0313. The van der Waals surface area contributed by atoms with Crippen molar-refractivity contribution in [1.82, 2.24) is 15.2 Å². The number of carbonyl (C=O) groups excluding carboxylic acids is 1. The van der Waals surface area contributed by atoms with Crippen LogP contribution in [0.5, 0.6) is 5.75 Å². The normalized spacial score (nSPS) is 19.3. The van der Waals surface area contributed by atoms with Crippen molar-refractivity contribution < 1.29 is 14.3 Å². The number of rotatable bonds is 10. The van der Waals surface area contributed by atoms with Gasteiger partial charge in [0.15, 0.2) is 0 Å². The number of carbonyl (C=O) groups is 1. The Hall–Kier alpha value is -3.22. The number of fused-ring (bicyclic) bond motifs is 2. The summed E-state index contributed by atoms with van der Waals surface area (Å²) in [5.74, 6) is 0.853. The minimum Gasteiger partial charge on any atom is -0.494 e. The first kappa shape index (κ1) is 22.6. The molecule has 3 heterocycles. The summed E-state index contributed by atoms with van der Waals surface area (Å²) < 4.78 is 11.6. The van der Waals surface area contributed by atoms with E-state index in [1.807, 2.05) is 60.8 Å². The van der Waals surface area contributed by atoms with Gasteiger partial charge in [-0.15, -0.1) is 0 Å². The number of amides is 1. The number of hydrogen-bond donors (Lipinski definition) is 1. The Morgan fingerprint density at radius 2 is 1.88 bits per heavy atom. The van der Waals surface area contributed by atoms with E-state index in [-0.39, 0.29) is 12.3 Å². The summed E-state index contributed by atoms with van der Waals surface area (Å²) in [6.07, 6.45) is 4.77. The molecule has 2 fully saturated rings. The second kappa shape index (κ2) is 10.8. The molecule has 0 saturated carbocycles. The summed E-state index contributed by atoms with van der Waals surface area (Å²) in [5, 5.41) is 2.94. The number of likely N-dealkylation sites (tertiary alicyclic amines) is 1. The fourth-order valence-electron chi connectivity index (χ4n) is 4.68. The molecular formula is C28H31N3O3. The molecule has 2 aromatic carbocycles. The predicted octanol–water partition coefficient (Wildman–Crippen LogP) is 3.85. The van der Waals surface area contributed by atoms with Gasteiger partial charge in [-0.2, -0.15) is 0 Å². The minimum absolute atomic E-state index is 0.0313. The molecule has 2 aliphatic rings. The highest BCUT2D eigenvalue weighted by molar-refractivity contribution is 5.78. The summed E-state index contributed by atoms with van der Waals surface area (Å²) >= 11 is 0. The van der Waals surface area contributed by atoms with Crippen LogP contribution in [-0.2, 0) is 22.5 Å². The monoisotopic (exact) mass is 457 g/mol. The van der Waals surface area contributed by atoms with E-state index in [2.05, 4.69) is 27.3 Å². The van der Waals surface area contributed by atoms with Gasteiger partial charge in [-0.1, -0.05) is 48.5 Å². The van der Waals surface area contributed by atoms with E-state index >= 15 is 0 Å². The van der Waals surface area contributed by atoms with Crippen molar-refractivity contribution in [1.29, 1.82) is 0 Å². The highest BCUT2D eigenvalue weighted by atomic mass is 16.5. The van der Waals surface area contributed by atoms with Crippen LogP contribution in [0.15, 0.2) is 72.9 Å². The Kier molecular flexibility index (Phi) is 7.17. The Morgan fingerprint density at radius 3 is 2.59 bits per heavy atom. The van der Waals surface area contributed by atoms with E-state index in [4.69, 9.17) is 9.47 Å². The van der Waals surface area contributed by atoms with E-state index in [9.17, 15) is 4.79 Å². The second-order valence-electron chi connectivity index (χ2n) is 9.04. The van der Waals surface area contributed by atoms with Crippen LogP contribution in [0.3, 0.4) is 0 Å². The Bertz CT molecular complexity index is 1070. The fourth-order valence-corrected chi connectivity index (χ4v) is 4.68. The van der Waals surface area contributed by atoms with Crippen molar-refractivity contribution in [2.45, 2.75) is 38.0 Å². The molecule has 1 aromatic heterocycles. The van der Waals surface area contributed by atoms with Gasteiger partial charge in [-0.05, 0) is 42.2 Å². The third-order valence-corrected chi connectivity index (χ3v) is 6.56. The largest absolute Gasteiger partial charge is 0.494 e. The molecule has 176 valence electrons. The molecule has 0 aliphatic carbocycles. The van der Waals surface area contributed by atoms with Crippen LogP contribution in [0.1, 0.15) is 24.1 Å². The van der Waals surface area contributed by atoms with Gasteiger partial charge in [0.1, 0.15) is 5.75 Å². The molecule has 2 aliphatic heterocycles. The maximum absolute atomic E-state index is 12.2. The van der Waals surface area contributed by atoms with Crippen molar-refractivity contribution in [3.63, 3.8) is 0 Å². The standard InChI is InChI=1S/C28H31N3O3/c32-28(30-17-21-5-2-1-3-6-21)15-24-10-7-23(18-29-24)22-8-11-26(12-9-22)33-14-4-13-31-19-27-16-25(31)20-34-27/h1-3,5-12,18,25,27H,4,13-17,19-20H2,(H,30,32)/t25-,27-/m0/s1. The van der Waals surface area contributed by atoms with Crippen LogP contribution < -0.4 is 10.1 Å². The van der Waals surface area contributed by atoms with Gasteiger partial charge >= 0.3 is 0 Å². The van der Waals surface area contributed by atoms with Crippen LogP contribution in [0.25, 0.3) is 11.1 Å². The lowest BCUT2D eigenvalue weighted by Crippen LogP contribution is -2.37. The molecule has 2 saturated heterocycles. The van der Waals surface area contributed by atoms with Gasteiger partial charge in [0.25, 0.3) is 0 Å². The molecule has 5 rings (SSSR count). The molecule has 2 atom stereocenters. The summed E-state index contributed by atoms with van der Waals surface area (Å²) in [7, 11) is 0. The molecule has 1 amide bonds. The fraction of sp³-hybridized carbons (Fsp3) is 0.357. The highest BCUT2D eigenvalue weighted by Crippen LogP contribution is 2.27. The number of pyridine rings is 1. The Morgan fingerprint density at radius 1 is 1.06 bits per heavy atom. The molecule has 1 N–H and O–H groups in total. The number of hydrogen-bond acceptors (Lipinski definition) is 5. The first-order valence-electron chi connectivity index (χ1n) is 12.1. The molecular weight excluding hydrogens is 426 g/mol. The lowest BCUT2D eigenvalue weighted by atomic mass is 10.1. The third-order valence-electron chi connectivity index (χ3n) is 6.56. The maximum atomic E-state index is 12.2. The first-order valence-corrected chi connectivity index (χ1v) is 12.1.